The lowest BCUT2D eigenvalue weighted by atomic mass is 9.84. The van der Waals surface area contributed by atoms with E-state index in [1.54, 1.807) is 24.3 Å². The topological polar surface area (TPSA) is 84.1 Å². The SMILES string of the molecule is CCOc1ccc(C(=O)C2CC(=O)Nc3n[nH]c(-c4ccccc4)c32)cc1. The summed E-state index contributed by atoms with van der Waals surface area (Å²) in [5.74, 6) is 0.241. The Morgan fingerprint density at radius 2 is 1.89 bits per heavy atom. The minimum atomic E-state index is -0.583. The van der Waals surface area contributed by atoms with Crippen molar-refractivity contribution in [2.45, 2.75) is 19.3 Å². The maximum Gasteiger partial charge on any atom is 0.226 e. The molecule has 27 heavy (non-hydrogen) atoms. The van der Waals surface area contributed by atoms with Crippen molar-refractivity contribution in [1.82, 2.24) is 10.2 Å². The fraction of sp³-hybridized carbons (Fsp3) is 0.190. The molecule has 2 heterocycles. The van der Waals surface area contributed by atoms with Crippen molar-refractivity contribution in [3.63, 3.8) is 0 Å². The molecule has 0 spiro atoms. The summed E-state index contributed by atoms with van der Waals surface area (Å²) < 4.78 is 5.43. The number of hydrogen-bond acceptors (Lipinski definition) is 4. The molecule has 1 aliphatic rings. The van der Waals surface area contributed by atoms with Gasteiger partial charge in [0.1, 0.15) is 5.75 Å². The van der Waals surface area contributed by atoms with E-state index >= 15 is 0 Å². The Kier molecular flexibility index (Phi) is 4.46. The first-order valence-corrected chi connectivity index (χ1v) is 8.88. The van der Waals surface area contributed by atoms with E-state index in [-0.39, 0.29) is 18.1 Å². The number of rotatable bonds is 5. The number of ether oxygens (including phenoxy) is 1. The second-order valence-corrected chi connectivity index (χ2v) is 6.35. The maximum absolute atomic E-state index is 13.2. The lowest BCUT2D eigenvalue weighted by Gasteiger charge is -2.22. The number of anilines is 1. The predicted octanol–water partition coefficient (Wildman–Crippen LogP) is 3.78. The Labute approximate surface area is 156 Å². The van der Waals surface area contributed by atoms with E-state index in [4.69, 9.17) is 4.74 Å². The Balaban J connectivity index is 1.73. The van der Waals surface area contributed by atoms with Gasteiger partial charge in [-0.1, -0.05) is 30.3 Å². The summed E-state index contributed by atoms with van der Waals surface area (Å²) in [6, 6.07) is 16.7. The van der Waals surface area contributed by atoms with Crippen molar-refractivity contribution in [2.75, 3.05) is 11.9 Å². The van der Waals surface area contributed by atoms with Crippen LogP contribution in [-0.2, 0) is 4.79 Å². The van der Waals surface area contributed by atoms with Crippen LogP contribution in [0.2, 0.25) is 0 Å². The molecule has 0 aliphatic carbocycles. The summed E-state index contributed by atoms with van der Waals surface area (Å²) in [7, 11) is 0. The number of ketones is 1. The molecule has 2 N–H and O–H groups in total. The Hall–Kier alpha value is -3.41. The Bertz CT molecular complexity index is 978. The molecule has 1 amide bonds. The van der Waals surface area contributed by atoms with Gasteiger partial charge in [-0.25, -0.2) is 0 Å². The van der Waals surface area contributed by atoms with E-state index in [9.17, 15) is 9.59 Å². The van der Waals surface area contributed by atoms with Gasteiger partial charge in [0, 0.05) is 17.5 Å². The number of carbonyl (C=O) groups is 2. The van der Waals surface area contributed by atoms with E-state index in [1.807, 2.05) is 37.3 Å². The summed E-state index contributed by atoms with van der Waals surface area (Å²) in [4.78, 5) is 25.3. The number of aromatic amines is 1. The number of amides is 1. The molecule has 6 heteroatoms. The van der Waals surface area contributed by atoms with Crippen molar-refractivity contribution >= 4 is 17.5 Å². The molecule has 0 fully saturated rings. The summed E-state index contributed by atoms with van der Waals surface area (Å²) in [5, 5.41) is 9.96. The molecule has 0 saturated heterocycles. The number of nitrogens with zero attached hydrogens (tertiary/aromatic N) is 1. The monoisotopic (exact) mass is 361 g/mol. The molecule has 136 valence electrons. The van der Waals surface area contributed by atoms with Crippen molar-refractivity contribution in [2.24, 2.45) is 0 Å². The second-order valence-electron chi connectivity index (χ2n) is 6.35. The van der Waals surface area contributed by atoms with Crippen LogP contribution in [0, 0.1) is 0 Å². The van der Waals surface area contributed by atoms with Gasteiger partial charge >= 0.3 is 0 Å². The van der Waals surface area contributed by atoms with E-state index in [1.165, 1.54) is 0 Å². The van der Waals surface area contributed by atoms with Crippen LogP contribution in [-0.4, -0.2) is 28.5 Å². The summed E-state index contributed by atoms with van der Waals surface area (Å²) in [6.07, 6.45) is 0.0956. The third kappa shape index (κ3) is 3.21. The van der Waals surface area contributed by atoms with Crippen LogP contribution < -0.4 is 10.1 Å². The molecule has 2 aromatic carbocycles. The summed E-state index contributed by atoms with van der Waals surface area (Å²) >= 11 is 0. The van der Waals surface area contributed by atoms with Crippen molar-refractivity contribution in [1.29, 1.82) is 0 Å². The van der Waals surface area contributed by atoms with Crippen molar-refractivity contribution < 1.29 is 14.3 Å². The first-order valence-electron chi connectivity index (χ1n) is 8.88. The molecule has 1 aromatic heterocycles. The minimum Gasteiger partial charge on any atom is -0.494 e. The van der Waals surface area contributed by atoms with Crippen LogP contribution in [0.15, 0.2) is 54.6 Å². The molecule has 1 aliphatic heterocycles. The molecule has 0 saturated carbocycles. The summed E-state index contributed by atoms with van der Waals surface area (Å²) in [5.41, 5.74) is 2.96. The fourth-order valence-corrected chi connectivity index (χ4v) is 3.39. The summed E-state index contributed by atoms with van der Waals surface area (Å²) in [6.45, 7) is 2.47. The maximum atomic E-state index is 13.2. The highest BCUT2D eigenvalue weighted by Crippen LogP contribution is 2.39. The molecule has 0 bridgehead atoms. The number of Topliss-reactive ketones (excluding diaryl/α,β-unsaturated/α-hetero) is 1. The number of aromatic nitrogens is 2. The lowest BCUT2D eigenvalue weighted by molar-refractivity contribution is -0.116. The molecule has 1 atom stereocenters. The predicted molar refractivity (Wildman–Crippen MR) is 102 cm³/mol. The zero-order valence-electron chi connectivity index (χ0n) is 14.9. The van der Waals surface area contributed by atoms with Gasteiger partial charge in [-0.15, -0.1) is 0 Å². The quantitative estimate of drug-likeness (QED) is 0.677. The normalized spacial score (nSPS) is 15.7. The Morgan fingerprint density at radius 3 is 2.59 bits per heavy atom. The van der Waals surface area contributed by atoms with E-state index in [2.05, 4.69) is 15.5 Å². The second kappa shape index (κ2) is 7.07. The molecule has 3 aromatic rings. The third-order valence-corrected chi connectivity index (χ3v) is 4.63. The smallest absolute Gasteiger partial charge is 0.226 e. The molecular weight excluding hydrogens is 342 g/mol. The van der Waals surface area contributed by atoms with Gasteiger partial charge in [-0.05, 0) is 36.8 Å². The van der Waals surface area contributed by atoms with Crippen LogP contribution in [0.25, 0.3) is 11.3 Å². The average Bonchev–Trinajstić information content (AvgIpc) is 3.12. The molecule has 4 rings (SSSR count). The fourth-order valence-electron chi connectivity index (χ4n) is 3.39. The van der Waals surface area contributed by atoms with Gasteiger partial charge in [0.25, 0.3) is 0 Å². The van der Waals surface area contributed by atoms with E-state index in [0.29, 0.717) is 23.7 Å². The largest absolute Gasteiger partial charge is 0.494 e. The number of benzene rings is 2. The first kappa shape index (κ1) is 17.0. The molecule has 6 nitrogen and oxygen atoms in total. The van der Waals surface area contributed by atoms with Gasteiger partial charge in [0.15, 0.2) is 11.6 Å². The molecule has 1 unspecified atom stereocenters. The molecule has 0 radical (unpaired) electrons. The number of H-pyrrole nitrogens is 1. The first-order chi connectivity index (χ1) is 13.2. The number of hydrogen-bond donors (Lipinski definition) is 2. The number of carbonyl (C=O) groups excluding carboxylic acids is 2. The standard InChI is InChI=1S/C21H19N3O3/c1-2-27-15-10-8-14(9-11-15)20(26)16-12-17(25)22-21-18(16)19(23-24-21)13-6-4-3-5-7-13/h3-11,16H,2,12H2,1H3,(H2,22,23,24,25). The number of nitrogens with one attached hydrogen (secondary N) is 2. The van der Waals surface area contributed by atoms with Crippen molar-refractivity contribution in [3.8, 4) is 17.0 Å². The van der Waals surface area contributed by atoms with Crippen LogP contribution in [0.4, 0.5) is 5.82 Å². The highest BCUT2D eigenvalue weighted by Gasteiger charge is 2.35. The zero-order valence-corrected chi connectivity index (χ0v) is 14.9. The van der Waals surface area contributed by atoms with Crippen LogP contribution in [0.5, 0.6) is 5.75 Å². The van der Waals surface area contributed by atoms with Crippen molar-refractivity contribution in [3.05, 3.63) is 65.7 Å². The van der Waals surface area contributed by atoms with Crippen LogP contribution in [0.1, 0.15) is 35.2 Å². The van der Waals surface area contributed by atoms with Gasteiger partial charge < -0.3 is 10.1 Å². The van der Waals surface area contributed by atoms with Gasteiger partial charge in [0.2, 0.25) is 5.91 Å². The minimum absolute atomic E-state index is 0.0956. The Morgan fingerprint density at radius 1 is 1.15 bits per heavy atom. The van der Waals surface area contributed by atoms with E-state index < -0.39 is 5.92 Å². The third-order valence-electron chi connectivity index (χ3n) is 4.63. The lowest BCUT2D eigenvalue weighted by Crippen LogP contribution is -2.27. The number of fused-ring (bicyclic) bond motifs is 1. The highest BCUT2D eigenvalue weighted by atomic mass is 16.5. The molecular formula is C21H19N3O3. The zero-order chi connectivity index (χ0) is 18.8. The average molecular weight is 361 g/mol. The van der Waals surface area contributed by atoms with Gasteiger partial charge in [-0.3, -0.25) is 14.7 Å². The van der Waals surface area contributed by atoms with Crippen LogP contribution in [0.3, 0.4) is 0 Å². The van der Waals surface area contributed by atoms with E-state index in [0.717, 1.165) is 16.8 Å². The van der Waals surface area contributed by atoms with Crippen LogP contribution >= 0.6 is 0 Å². The van der Waals surface area contributed by atoms with Gasteiger partial charge in [0.05, 0.1) is 18.2 Å². The van der Waals surface area contributed by atoms with Gasteiger partial charge in [-0.2, -0.15) is 5.10 Å². The highest BCUT2D eigenvalue weighted by molar-refractivity contribution is 6.08.